The predicted molar refractivity (Wildman–Crippen MR) is 66.0 cm³/mol. The summed E-state index contributed by atoms with van der Waals surface area (Å²) in [5.74, 6) is -0.410. The van der Waals surface area contributed by atoms with E-state index in [2.05, 4.69) is 11.9 Å². The minimum Gasteiger partial charge on any atom is -0.329 e. The van der Waals surface area contributed by atoms with Crippen LogP contribution in [-0.4, -0.2) is 13.1 Å². The van der Waals surface area contributed by atoms with Crippen LogP contribution in [0.3, 0.4) is 0 Å². The lowest BCUT2D eigenvalue weighted by molar-refractivity contribution is 0.546. The number of nitrogens with two attached hydrogens (primary N) is 1. The van der Waals surface area contributed by atoms with Crippen LogP contribution in [-0.2, 0) is 0 Å². The molecule has 2 nitrogen and oxygen atoms in total. The van der Waals surface area contributed by atoms with Gasteiger partial charge in [-0.05, 0) is 30.7 Å². The number of hydrogen-bond acceptors (Lipinski definition) is 2. The Bertz CT molecular complexity index is 355. The molecule has 0 saturated carbocycles. The van der Waals surface area contributed by atoms with Gasteiger partial charge in [0.1, 0.15) is 5.82 Å². The Balaban J connectivity index is 2.70. The fraction of sp³-hybridized carbons (Fsp3) is 0.333. The van der Waals surface area contributed by atoms with E-state index in [1.165, 1.54) is 6.07 Å². The molecule has 0 heterocycles. The summed E-state index contributed by atoms with van der Waals surface area (Å²) in [4.78, 5) is 0. The van der Waals surface area contributed by atoms with Crippen LogP contribution >= 0.6 is 11.6 Å². The van der Waals surface area contributed by atoms with Crippen LogP contribution in [0.5, 0.6) is 0 Å². The molecule has 1 aromatic rings. The Hall–Kier alpha value is -0.900. The lowest BCUT2D eigenvalue weighted by Crippen LogP contribution is -2.28. The van der Waals surface area contributed by atoms with E-state index in [-0.39, 0.29) is 11.1 Å². The highest BCUT2D eigenvalue weighted by Crippen LogP contribution is 2.20. The summed E-state index contributed by atoms with van der Waals surface area (Å²) < 4.78 is 13.0. The van der Waals surface area contributed by atoms with Gasteiger partial charge in [-0.25, -0.2) is 4.39 Å². The standard InChI is InChI=1S/C12H16ClFN2/c1-2-3-6-16-12(8-15)9-4-5-11(14)10(13)7-9/h2,4-5,7,12,16H,1,3,6,8,15H2. The molecule has 0 aliphatic rings. The molecule has 0 aromatic heterocycles. The first-order valence-corrected chi connectivity index (χ1v) is 5.56. The molecule has 1 rings (SSSR count). The minimum absolute atomic E-state index is 0.00181. The quantitative estimate of drug-likeness (QED) is 0.595. The summed E-state index contributed by atoms with van der Waals surface area (Å²) in [7, 11) is 0. The molecule has 0 saturated heterocycles. The third kappa shape index (κ3) is 3.59. The average molecular weight is 243 g/mol. The van der Waals surface area contributed by atoms with Gasteiger partial charge in [-0.3, -0.25) is 0 Å². The summed E-state index contributed by atoms with van der Waals surface area (Å²) in [6.07, 6.45) is 2.70. The largest absolute Gasteiger partial charge is 0.329 e. The van der Waals surface area contributed by atoms with Crippen LogP contribution < -0.4 is 11.1 Å². The van der Waals surface area contributed by atoms with Crippen molar-refractivity contribution in [1.29, 1.82) is 0 Å². The zero-order chi connectivity index (χ0) is 12.0. The van der Waals surface area contributed by atoms with E-state index in [0.717, 1.165) is 18.5 Å². The van der Waals surface area contributed by atoms with Gasteiger partial charge in [0.05, 0.1) is 5.02 Å². The van der Waals surface area contributed by atoms with Crippen molar-refractivity contribution in [2.24, 2.45) is 5.73 Å². The smallest absolute Gasteiger partial charge is 0.141 e. The van der Waals surface area contributed by atoms with Gasteiger partial charge < -0.3 is 11.1 Å². The van der Waals surface area contributed by atoms with Crippen molar-refractivity contribution >= 4 is 11.6 Å². The highest BCUT2D eigenvalue weighted by Gasteiger charge is 2.10. The summed E-state index contributed by atoms with van der Waals surface area (Å²) in [5.41, 5.74) is 6.55. The molecular formula is C12H16ClFN2. The van der Waals surface area contributed by atoms with Crippen LogP contribution in [0, 0.1) is 5.82 Å². The highest BCUT2D eigenvalue weighted by molar-refractivity contribution is 6.30. The van der Waals surface area contributed by atoms with E-state index in [9.17, 15) is 4.39 Å². The molecule has 16 heavy (non-hydrogen) atoms. The van der Waals surface area contributed by atoms with Gasteiger partial charge >= 0.3 is 0 Å². The van der Waals surface area contributed by atoms with Crippen molar-refractivity contribution in [2.45, 2.75) is 12.5 Å². The van der Waals surface area contributed by atoms with Gasteiger partial charge in [0.15, 0.2) is 0 Å². The maximum atomic E-state index is 13.0. The van der Waals surface area contributed by atoms with E-state index in [0.29, 0.717) is 6.54 Å². The van der Waals surface area contributed by atoms with E-state index in [1.54, 1.807) is 12.1 Å². The Kier molecular flexibility index (Phi) is 5.46. The van der Waals surface area contributed by atoms with Crippen LogP contribution in [0.2, 0.25) is 5.02 Å². The molecule has 0 aliphatic heterocycles. The van der Waals surface area contributed by atoms with E-state index in [4.69, 9.17) is 17.3 Å². The van der Waals surface area contributed by atoms with E-state index in [1.807, 2.05) is 6.08 Å². The Morgan fingerprint density at radius 1 is 1.56 bits per heavy atom. The second-order valence-corrected chi connectivity index (χ2v) is 3.90. The Morgan fingerprint density at radius 2 is 2.31 bits per heavy atom. The van der Waals surface area contributed by atoms with Crippen LogP contribution in [0.1, 0.15) is 18.0 Å². The summed E-state index contributed by atoms with van der Waals surface area (Å²) in [5, 5.41) is 3.38. The first-order chi connectivity index (χ1) is 7.69. The maximum absolute atomic E-state index is 13.0. The number of hydrogen-bond donors (Lipinski definition) is 2. The normalized spacial score (nSPS) is 12.4. The third-order valence-corrected chi connectivity index (χ3v) is 2.61. The molecule has 0 aliphatic carbocycles. The van der Waals surface area contributed by atoms with Gasteiger partial charge in [-0.2, -0.15) is 0 Å². The summed E-state index contributed by atoms with van der Waals surface area (Å²) >= 11 is 5.72. The number of halogens is 2. The second-order valence-electron chi connectivity index (χ2n) is 3.49. The molecule has 0 bridgehead atoms. The second kappa shape index (κ2) is 6.63. The lowest BCUT2D eigenvalue weighted by atomic mass is 10.1. The molecule has 0 spiro atoms. The van der Waals surface area contributed by atoms with Crippen LogP contribution in [0.25, 0.3) is 0 Å². The lowest BCUT2D eigenvalue weighted by Gasteiger charge is -2.17. The summed E-state index contributed by atoms with van der Waals surface area (Å²) in [6.45, 7) is 4.88. The molecule has 3 N–H and O–H groups in total. The minimum atomic E-state index is -0.410. The number of benzene rings is 1. The molecule has 0 radical (unpaired) electrons. The zero-order valence-corrected chi connectivity index (χ0v) is 9.80. The van der Waals surface area contributed by atoms with Crippen LogP contribution in [0.15, 0.2) is 30.9 Å². The van der Waals surface area contributed by atoms with Gasteiger partial charge in [0.25, 0.3) is 0 Å². The summed E-state index contributed by atoms with van der Waals surface area (Å²) in [6, 6.07) is 4.66. The molecule has 4 heteroatoms. The SMILES string of the molecule is C=CCCNC(CN)c1ccc(F)c(Cl)c1. The molecule has 1 aromatic carbocycles. The maximum Gasteiger partial charge on any atom is 0.141 e. The fourth-order valence-electron chi connectivity index (χ4n) is 1.43. The number of nitrogens with one attached hydrogen (secondary N) is 1. The third-order valence-electron chi connectivity index (χ3n) is 2.32. The predicted octanol–water partition coefficient (Wildman–Crippen LogP) is 2.64. The molecule has 0 fully saturated rings. The van der Waals surface area contributed by atoms with E-state index >= 15 is 0 Å². The topological polar surface area (TPSA) is 38.0 Å². The van der Waals surface area contributed by atoms with Gasteiger partial charge in [-0.15, -0.1) is 6.58 Å². The Morgan fingerprint density at radius 3 is 2.88 bits per heavy atom. The monoisotopic (exact) mass is 242 g/mol. The van der Waals surface area contributed by atoms with Gasteiger partial charge in [-0.1, -0.05) is 23.7 Å². The average Bonchev–Trinajstić information content (AvgIpc) is 2.29. The van der Waals surface area contributed by atoms with Gasteiger partial charge in [0.2, 0.25) is 0 Å². The van der Waals surface area contributed by atoms with Crippen molar-refractivity contribution in [3.8, 4) is 0 Å². The molecule has 1 unspecified atom stereocenters. The fourth-order valence-corrected chi connectivity index (χ4v) is 1.62. The van der Waals surface area contributed by atoms with Crippen molar-refractivity contribution in [3.63, 3.8) is 0 Å². The van der Waals surface area contributed by atoms with Crippen molar-refractivity contribution in [3.05, 3.63) is 47.3 Å². The van der Waals surface area contributed by atoms with Crippen molar-refractivity contribution in [1.82, 2.24) is 5.32 Å². The van der Waals surface area contributed by atoms with Gasteiger partial charge in [0, 0.05) is 12.6 Å². The molecule has 0 amide bonds. The molecule has 88 valence electrons. The first kappa shape index (κ1) is 13.2. The number of rotatable bonds is 6. The van der Waals surface area contributed by atoms with Crippen molar-refractivity contribution in [2.75, 3.05) is 13.1 Å². The van der Waals surface area contributed by atoms with Crippen LogP contribution in [0.4, 0.5) is 4.39 Å². The Labute approximate surface area is 100 Å². The first-order valence-electron chi connectivity index (χ1n) is 5.18. The van der Waals surface area contributed by atoms with E-state index < -0.39 is 5.82 Å². The van der Waals surface area contributed by atoms with Crippen molar-refractivity contribution < 1.29 is 4.39 Å². The highest BCUT2D eigenvalue weighted by atomic mass is 35.5. The molecular weight excluding hydrogens is 227 g/mol. The molecule has 1 atom stereocenters. The zero-order valence-electron chi connectivity index (χ0n) is 9.05.